The molecule has 0 bridgehead atoms. The van der Waals surface area contributed by atoms with Crippen molar-refractivity contribution in [2.45, 2.75) is 117 Å². The molecule has 10 aromatic carbocycles. The normalized spacial score (nSPS) is 20.0. The molecule has 4 heterocycles. The molecule has 0 amide bonds. The van der Waals surface area contributed by atoms with Crippen molar-refractivity contribution >= 4 is 32.8 Å². The van der Waals surface area contributed by atoms with Gasteiger partial charge in [0.15, 0.2) is 0 Å². The summed E-state index contributed by atoms with van der Waals surface area (Å²) in [4.78, 5) is 4.85. The monoisotopic (exact) mass is 1370 g/mol. The fraction of sp³-hybridized carbons (Fsp3) is 0.214. The van der Waals surface area contributed by atoms with Gasteiger partial charge in [0.05, 0.1) is 20.8 Å². The number of hydrogen-bond donors (Lipinski definition) is 0. The van der Waals surface area contributed by atoms with Crippen molar-refractivity contribution in [3.8, 4) is 95.5 Å². The molecule has 0 N–H and O–H groups in total. The average Bonchev–Trinajstić information content (AvgIpc) is 1.16. The maximum atomic E-state index is 10.5. The van der Waals surface area contributed by atoms with E-state index >= 15 is 0 Å². The van der Waals surface area contributed by atoms with E-state index in [0.29, 0.717) is 56.0 Å². The van der Waals surface area contributed by atoms with Crippen molar-refractivity contribution in [3.05, 3.63) is 258 Å². The first kappa shape index (κ1) is 36.7. The number of hydrogen-bond acceptors (Lipinski definition) is 2. The third kappa shape index (κ3) is 9.87. The standard InChI is InChI=1S/C84H74N4O.Pt/c1-52-21-19-22-53(2)78(52)57-44-69(54-31-34-58(35-32-54)81(3,4)5)79-70(45-57)65-27-15-13-25-63(65)64-26-14-16-28-66(64)71-43-56(55-33-38-72-73(46-55)84(11,12)41-40-83(72,9)10)47-76-80(71)87(79)51-86(76)60-23-20-24-61(49-60)89-62-36-37-68-67-29-17-18-30-74(67)88(75(68)50-62)77-48-59(39-42-85-77)82(6,7)8;/h13-39,42-48H,40-41H2,1-12H3;/q-2;/i1D3,2D3,9D3,10D3,11D3,12D3,33D,38D,40D2,41D2,46D;. The number of aromatic nitrogens is 4. The fourth-order valence-corrected chi connectivity index (χ4v) is 12.6. The second-order valence-corrected chi connectivity index (χ2v) is 25.1. The number of para-hydroxylation sites is 1. The molecular formula is C84H74N4OPt-2. The molecule has 0 radical (unpaired) electrons. The second-order valence-electron chi connectivity index (χ2n) is 25.1. The first-order valence-corrected chi connectivity index (χ1v) is 29.4. The molecule has 1 aliphatic heterocycles. The topological polar surface area (TPSA) is 35.9 Å². The van der Waals surface area contributed by atoms with Gasteiger partial charge in [0, 0.05) is 74.4 Å². The molecule has 0 atom stereocenters. The Morgan fingerprint density at radius 1 is 0.544 bits per heavy atom. The van der Waals surface area contributed by atoms with Crippen LogP contribution in [0.3, 0.4) is 0 Å². The molecule has 0 spiro atoms. The van der Waals surface area contributed by atoms with Gasteiger partial charge in [-0.3, -0.25) is 4.57 Å². The molecule has 0 fully saturated rings. The van der Waals surface area contributed by atoms with Gasteiger partial charge in [0.1, 0.15) is 5.82 Å². The van der Waals surface area contributed by atoms with Crippen LogP contribution in [0.1, 0.15) is 149 Å². The largest absolute Gasteiger partial charge is 0.510 e. The minimum atomic E-state index is -4.61. The van der Waals surface area contributed by atoms with Crippen LogP contribution < -0.4 is 9.30 Å². The van der Waals surface area contributed by atoms with Crippen LogP contribution in [0.4, 0.5) is 0 Å². The molecule has 15 rings (SSSR count). The van der Waals surface area contributed by atoms with Gasteiger partial charge in [-0.2, -0.15) is 18.2 Å². The number of nitrogens with zero attached hydrogens (tertiary/aromatic N) is 4. The summed E-state index contributed by atoms with van der Waals surface area (Å²) in [5, 5.41) is 1.76. The van der Waals surface area contributed by atoms with E-state index in [2.05, 4.69) is 39.2 Å². The van der Waals surface area contributed by atoms with Gasteiger partial charge in [-0.1, -0.05) is 208 Å². The Balaban J connectivity index is 0.0000109. The summed E-state index contributed by atoms with van der Waals surface area (Å²) in [5.41, 5.74) is -6.41. The third-order valence-electron chi connectivity index (χ3n) is 17.1. The molecule has 0 saturated heterocycles. The molecule has 6 heteroatoms. The van der Waals surface area contributed by atoms with Crippen LogP contribution in [0.5, 0.6) is 11.5 Å². The summed E-state index contributed by atoms with van der Waals surface area (Å²) in [6, 6.07) is 55.9. The van der Waals surface area contributed by atoms with Crippen molar-refractivity contribution in [2.24, 2.45) is 0 Å². The predicted octanol–water partition coefficient (Wildman–Crippen LogP) is 21.5. The van der Waals surface area contributed by atoms with E-state index in [1.807, 2.05) is 110 Å². The number of pyridine rings is 1. The molecule has 1 aliphatic carbocycles. The molecule has 5 nitrogen and oxygen atoms in total. The van der Waals surface area contributed by atoms with Gasteiger partial charge >= 0.3 is 0 Å². The van der Waals surface area contributed by atoms with Crippen LogP contribution in [0, 0.1) is 32.2 Å². The van der Waals surface area contributed by atoms with Gasteiger partial charge in [0.2, 0.25) is 0 Å². The molecule has 0 saturated carbocycles. The Kier molecular flexibility index (Phi) is 8.83. The number of rotatable bonds is 7. The third-order valence-corrected chi connectivity index (χ3v) is 17.1. The predicted molar refractivity (Wildman–Crippen MR) is 368 cm³/mol. The Hall–Kier alpha value is -8.89. The minimum absolute atomic E-state index is 0. The Bertz CT molecular complexity index is 6080. The zero-order valence-corrected chi connectivity index (χ0v) is 52.2. The van der Waals surface area contributed by atoms with Gasteiger partial charge < -0.3 is 13.9 Å². The van der Waals surface area contributed by atoms with Crippen LogP contribution in [-0.2, 0) is 42.7 Å². The van der Waals surface area contributed by atoms with Crippen molar-refractivity contribution < 1.29 is 64.6 Å². The summed E-state index contributed by atoms with van der Waals surface area (Å²) in [6.07, 6.45) is -3.78. The van der Waals surface area contributed by atoms with Crippen LogP contribution >= 0.6 is 0 Å². The van der Waals surface area contributed by atoms with E-state index in [9.17, 15) is 17.8 Å². The summed E-state index contributed by atoms with van der Waals surface area (Å²) in [5.74, 6) is 0.988. The second kappa shape index (κ2) is 21.7. The summed E-state index contributed by atoms with van der Waals surface area (Å²) in [6.45, 7) is -10.6. The number of benzene rings is 10. The number of fused-ring (bicyclic) bond motifs is 11. The first-order valence-electron chi connectivity index (χ1n) is 41.9. The van der Waals surface area contributed by atoms with Gasteiger partial charge in [0.25, 0.3) is 6.33 Å². The number of aryl methyl sites for hydroxylation is 2. The summed E-state index contributed by atoms with van der Waals surface area (Å²) >= 11 is 0. The van der Waals surface area contributed by atoms with Crippen LogP contribution in [0.25, 0.3) is 117 Å². The summed E-state index contributed by atoms with van der Waals surface area (Å²) in [7, 11) is 0. The van der Waals surface area contributed by atoms with E-state index in [0.717, 1.165) is 27.4 Å². The molecule has 90 heavy (non-hydrogen) atoms. The summed E-state index contributed by atoms with van der Waals surface area (Å²) < 4.78 is 245. The molecule has 2 aliphatic rings. The van der Waals surface area contributed by atoms with Crippen LogP contribution in [0.2, 0.25) is 0 Å². The van der Waals surface area contributed by atoms with E-state index in [4.69, 9.17) is 26.2 Å². The van der Waals surface area contributed by atoms with E-state index in [1.165, 1.54) is 30.3 Å². The van der Waals surface area contributed by atoms with Crippen molar-refractivity contribution in [3.63, 3.8) is 0 Å². The zero-order valence-electron chi connectivity index (χ0n) is 74.9. The SMILES string of the molecule is [2H]c1c([2H])c2c(c([2H])c1-c1cc3c4c(c1)n(-c1[c-]c(Oc5[c-]c6c(cc5)c5ccccc5n6-c5cc(C(C)(C)C)ccn5)ccc1)[c-][n+]4-c1c(-c4ccc(C(C)(C)C)cc4)cc(-c4c(C([2H])([2H])[2H])cccc4C([2H])([2H])[2H])cc1-c1ccccc1-c1ccccc1-3)C(C([2H])([2H])[2H])(C([2H])([2H])[2H])C([2H])([2H])C([2H])([2H])C2(C([2H])([2H])[2H])C([2H])([2H])[2H].[Pt]. The number of ether oxygens (including phenoxy) is 1. The first-order chi connectivity index (χ1) is 52.9. The van der Waals surface area contributed by atoms with E-state index in [-0.39, 0.29) is 93.5 Å². The maximum absolute atomic E-state index is 10.5. The van der Waals surface area contributed by atoms with Gasteiger partial charge in [-0.05, 0) is 196 Å². The van der Waals surface area contributed by atoms with Crippen molar-refractivity contribution in [1.82, 2.24) is 14.1 Å². The Morgan fingerprint density at radius 3 is 1.88 bits per heavy atom. The molecular weight excluding hydrogens is 1280 g/mol. The quantitative estimate of drug-likeness (QED) is 0.118. The smallest absolute Gasteiger partial charge is 0.268 e. The van der Waals surface area contributed by atoms with Gasteiger partial charge in [-0.15, -0.1) is 29.7 Å². The Labute approximate surface area is 580 Å². The number of imidazole rings is 1. The maximum Gasteiger partial charge on any atom is 0.268 e. The molecule has 3 aromatic heterocycles. The molecule has 13 aromatic rings. The Morgan fingerprint density at radius 2 is 1.18 bits per heavy atom. The average molecular weight is 1380 g/mol. The fourth-order valence-electron chi connectivity index (χ4n) is 12.6. The molecule has 448 valence electrons. The van der Waals surface area contributed by atoms with Crippen molar-refractivity contribution in [2.75, 3.05) is 0 Å². The van der Waals surface area contributed by atoms with Gasteiger partial charge in [-0.25, -0.2) is 4.98 Å². The van der Waals surface area contributed by atoms with Crippen molar-refractivity contribution in [1.29, 1.82) is 0 Å². The van der Waals surface area contributed by atoms with Crippen LogP contribution in [0.15, 0.2) is 206 Å². The molecule has 0 unspecified atom stereocenters. The minimum Gasteiger partial charge on any atom is -0.510 e. The van der Waals surface area contributed by atoms with E-state index < -0.39 is 99.5 Å². The van der Waals surface area contributed by atoms with Crippen LogP contribution in [-0.4, -0.2) is 14.1 Å². The van der Waals surface area contributed by atoms with E-state index in [1.54, 1.807) is 82.1 Å². The zero-order chi connectivity index (χ0) is 82.7.